The summed E-state index contributed by atoms with van der Waals surface area (Å²) >= 11 is 0. The number of hydrogen-bond acceptors (Lipinski definition) is 5. The molecule has 3 N–H and O–H groups in total. The summed E-state index contributed by atoms with van der Waals surface area (Å²) in [6.07, 6.45) is 6.65. The molecule has 0 radical (unpaired) electrons. The van der Waals surface area contributed by atoms with E-state index in [2.05, 4.69) is 5.32 Å². The van der Waals surface area contributed by atoms with Crippen LogP contribution >= 0.6 is 0 Å². The van der Waals surface area contributed by atoms with Crippen LogP contribution in [-0.4, -0.2) is 32.3 Å². The molecular weight excluding hydrogens is 340 g/mol. The molecule has 7 nitrogen and oxygen atoms in total. The number of carbonyl (C=O) groups is 1. The van der Waals surface area contributed by atoms with Crippen LogP contribution in [0.5, 0.6) is 0 Å². The first-order valence-corrected chi connectivity index (χ1v) is 9.64. The third-order valence-electron chi connectivity index (χ3n) is 4.36. The van der Waals surface area contributed by atoms with Crippen LogP contribution in [0.25, 0.3) is 0 Å². The lowest BCUT2D eigenvalue weighted by Gasteiger charge is -2.31. The van der Waals surface area contributed by atoms with Crippen molar-refractivity contribution < 1.29 is 13.2 Å². The maximum atomic E-state index is 12.5. The number of sulfonamides is 1. The summed E-state index contributed by atoms with van der Waals surface area (Å²) in [5.74, 6) is -0.317. The van der Waals surface area contributed by atoms with Gasteiger partial charge in [-0.15, -0.1) is 0 Å². The van der Waals surface area contributed by atoms with Crippen LogP contribution in [0.15, 0.2) is 40.9 Å². The van der Waals surface area contributed by atoms with Crippen LogP contribution < -0.4 is 10.5 Å². The summed E-state index contributed by atoms with van der Waals surface area (Å²) in [6, 6.07) is 7.83. The molecule has 1 aliphatic carbocycles. The highest BCUT2D eigenvalue weighted by Gasteiger charge is 2.24. The summed E-state index contributed by atoms with van der Waals surface area (Å²) in [6.45, 7) is 0. The topological polar surface area (TPSA) is 116 Å². The van der Waals surface area contributed by atoms with Gasteiger partial charge >= 0.3 is 0 Å². The van der Waals surface area contributed by atoms with E-state index < -0.39 is 10.0 Å². The molecule has 134 valence electrons. The lowest BCUT2D eigenvalue weighted by molar-refractivity contribution is -0.128. The number of nitriles is 1. The first-order chi connectivity index (χ1) is 11.8. The number of rotatable bonds is 5. The average molecular weight is 362 g/mol. The zero-order valence-corrected chi connectivity index (χ0v) is 14.9. The Hall–Kier alpha value is -2.37. The van der Waals surface area contributed by atoms with E-state index in [1.807, 2.05) is 6.07 Å². The van der Waals surface area contributed by atoms with E-state index in [1.165, 1.54) is 36.9 Å². The SMILES string of the molecule is CN(C(=O)/C(C#N)=C\Nc1ccc(S(N)(=O)=O)cc1)C1CCCCC1. The Morgan fingerprint density at radius 1 is 1.28 bits per heavy atom. The Bertz CT molecular complexity index is 788. The Morgan fingerprint density at radius 2 is 1.88 bits per heavy atom. The van der Waals surface area contributed by atoms with Crippen LogP contribution in [0.4, 0.5) is 5.69 Å². The van der Waals surface area contributed by atoms with Crippen molar-refractivity contribution in [2.24, 2.45) is 5.14 Å². The molecule has 1 aromatic rings. The number of carbonyl (C=O) groups excluding carboxylic acids is 1. The number of benzene rings is 1. The van der Waals surface area contributed by atoms with Gasteiger partial charge in [0.2, 0.25) is 10.0 Å². The van der Waals surface area contributed by atoms with Gasteiger partial charge in [0.25, 0.3) is 5.91 Å². The molecule has 25 heavy (non-hydrogen) atoms. The number of likely N-dealkylation sites (N-methyl/N-ethyl adjacent to an activating group) is 1. The van der Waals surface area contributed by atoms with Gasteiger partial charge < -0.3 is 10.2 Å². The molecule has 0 unspecified atom stereocenters. The van der Waals surface area contributed by atoms with Crippen LogP contribution in [0.3, 0.4) is 0 Å². The average Bonchev–Trinajstić information content (AvgIpc) is 2.61. The zero-order chi connectivity index (χ0) is 18.4. The van der Waals surface area contributed by atoms with Crippen molar-refractivity contribution in [1.29, 1.82) is 5.26 Å². The van der Waals surface area contributed by atoms with Gasteiger partial charge in [-0.2, -0.15) is 5.26 Å². The van der Waals surface area contributed by atoms with Gasteiger partial charge in [0.1, 0.15) is 11.6 Å². The molecule has 8 heteroatoms. The van der Waals surface area contributed by atoms with E-state index in [9.17, 15) is 18.5 Å². The molecule has 0 heterocycles. The normalized spacial score (nSPS) is 16.1. The first kappa shape index (κ1) is 19.0. The Labute approximate surface area is 148 Å². The molecule has 1 fully saturated rings. The van der Waals surface area contributed by atoms with Crippen molar-refractivity contribution in [1.82, 2.24) is 4.90 Å². The van der Waals surface area contributed by atoms with E-state index in [-0.39, 0.29) is 22.4 Å². The molecule has 0 bridgehead atoms. The van der Waals surface area contributed by atoms with E-state index >= 15 is 0 Å². The summed E-state index contributed by atoms with van der Waals surface area (Å²) < 4.78 is 22.4. The van der Waals surface area contributed by atoms with Crippen molar-refractivity contribution in [3.05, 3.63) is 36.0 Å². The summed E-state index contributed by atoms with van der Waals surface area (Å²) in [7, 11) is -2.02. The van der Waals surface area contributed by atoms with Crippen LogP contribution in [0.1, 0.15) is 32.1 Å². The molecular formula is C17H22N4O3S. The van der Waals surface area contributed by atoms with Crippen molar-refractivity contribution >= 4 is 21.6 Å². The van der Waals surface area contributed by atoms with E-state index in [0.717, 1.165) is 25.7 Å². The molecule has 1 saturated carbocycles. The van der Waals surface area contributed by atoms with Crippen LogP contribution in [-0.2, 0) is 14.8 Å². The van der Waals surface area contributed by atoms with Gasteiger partial charge in [0.05, 0.1) is 4.90 Å². The summed E-state index contributed by atoms with van der Waals surface area (Å²) in [4.78, 5) is 14.1. The zero-order valence-electron chi connectivity index (χ0n) is 14.1. The van der Waals surface area contributed by atoms with Crippen molar-refractivity contribution in [3.8, 4) is 6.07 Å². The number of nitrogens with two attached hydrogens (primary N) is 1. The largest absolute Gasteiger partial charge is 0.360 e. The molecule has 0 saturated heterocycles. The number of primary sulfonamides is 1. The molecule has 1 aromatic carbocycles. The third kappa shape index (κ3) is 5.05. The standard InChI is InChI=1S/C17H22N4O3S/c1-21(15-5-3-2-4-6-15)17(22)13(11-18)12-20-14-7-9-16(10-8-14)25(19,23)24/h7-10,12,15,20H,2-6H2,1H3,(H2,19,23,24)/b13-12-. The number of nitrogens with one attached hydrogen (secondary N) is 1. The van der Waals surface area contributed by atoms with Crippen molar-refractivity contribution in [2.45, 2.75) is 43.0 Å². The summed E-state index contributed by atoms with van der Waals surface area (Å²) in [5, 5.41) is 17.2. The molecule has 2 rings (SSSR count). The molecule has 0 aromatic heterocycles. The minimum Gasteiger partial charge on any atom is -0.360 e. The highest BCUT2D eigenvalue weighted by Crippen LogP contribution is 2.22. The van der Waals surface area contributed by atoms with Crippen molar-refractivity contribution in [3.63, 3.8) is 0 Å². The van der Waals surface area contributed by atoms with Crippen LogP contribution in [0.2, 0.25) is 0 Å². The van der Waals surface area contributed by atoms with E-state index in [4.69, 9.17) is 5.14 Å². The van der Waals surface area contributed by atoms with Gasteiger partial charge in [0, 0.05) is 25.0 Å². The second-order valence-corrected chi connectivity index (χ2v) is 7.65. The van der Waals surface area contributed by atoms with Gasteiger partial charge in [-0.3, -0.25) is 4.79 Å². The Kier molecular flexibility index (Phi) is 6.17. The number of amides is 1. The van der Waals surface area contributed by atoms with E-state index in [0.29, 0.717) is 5.69 Å². The smallest absolute Gasteiger partial charge is 0.266 e. The van der Waals surface area contributed by atoms with Gasteiger partial charge in [-0.1, -0.05) is 19.3 Å². The second kappa shape index (κ2) is 8.14. The quantitative estimate of drug-likeness (QED) is 0.613. The molecule has 1 aliphatic rings. The lowest BCUT2D eigenvalue weighted by Crippen LogP contribution is -2.39. The maximum absolute atomic E-state index is 12.5. The highest BCUT2D eigenvalue weighted by molar-refractivity contribution is 7.89. The monoisotopic (exact) mass is 362 g/mol. The lowest BCUT2D eigenvalue weighted by atomic mass is 9.94. The minimum absolute atomic E-state index is 0.00333. The van der Waals surface area contributed by atoms with Crippen molar-refractivity contribution in [2.75, 3.05) is 12.4 Å². The third-order valence-corrected chi connectivity index (χ3v) is 5.29. The number of hydrogen-bond donors (Lipinski definition) is 2. The molecule has 0 atom stereocenters. The molecule has 1 amide bonds. The maximum Gasteiger partial charge on any atom is 0.266 e. The Balaban J connectivity index is 2.06. The van der Waals surface area contributed by atoms with Crippen LogP contribution in [0, 0.1) is 11.3 Å². The fourth-order valence-corrected chi connectivity index (χ4v) is 3.38. The van der Waals surface area contributed by atoms with Gasteiger partial charge in [-0.25, -0.2) is 13.6 Å². The fourth-order valence-electron chi connectivity index (χ4n) is 2.86. The second-order valence-electron chi connectivity index (χ2n) is 6.09. The predicted molar refractivity (Wildman–Crippen MR) is 94.8 cm³/mol. The summed E-state index contributed by atoms with van der Waals surface area (Å²) in [5.41, 5.74) is 0.553. The van der Waals surface area contributed by atoms with Gasteiger partial charge in [-0.05, 0) is 37.1 Å². The molecule has 0 aliphatic heterocycles. The fraction of sp³-hybridized carbons (Fsp3) is 0.412. The predicted octanol–water partition coefficient (Wildman–Crippen LogP) is 1.94. The number of anilines is 1. The number of nitrogens with zero attached hydrogens (tertiary/aromatic N) is 2. The minimum atomic E-state index is -3.75. The highest BCUT2D eigenvalue weighted by atomic mass is 32.2. The first-order valence-electron chi connectivity index (χ1n) is 8.10. The Morgan fingerprint density at radius 3 is 2.40 bits per heavy atom. The van der Waals surface area contributed by atoms with Gasteiger partial charge in [0.15, 0.2) is 0 Å². The molecule has 0 spiro atoms. The van der Waals surface area contributed by atoms with E-state index in [1.54, 1.807) is 11.9 Å².